The van der Waals surface area contributed by atoms with E-state index in [2.05, 4.69) is 5.32 Å². The second-order valence-electron chi connectivity index (χ2n) is 3.26. The van der Waals surface area contributed by atoms with Gasteiger partial charge in [0.25, 0.3) is 0 Å². The number of Topliss-reactive ketones (excluding diaryl/α,β-unsaturated/α-hetero) is 1. The van der Waals surface area contributed by atoms with Crippen LogP contribution in [-0.2, 0) is 9.59 Å². The lowest BCUT2D eigenvalue weighted by atomic mass is 10.1. The van der Waals surface area contributed by atoms with Crippen LogP contribution < -0.4 is 5.32 Å². The maximum Gasteiger partial charge on any atom is 0.324 e. The van der Waals surface area contributed by atoms with Crippen molar-refractivity contribution in [1.29, 1.82) is 0 Å². The third kappa shape index (κ3) is 2.05. The number of nitrogens with one attached hydrogen (secondary N) is 1. The van der Waals surface area contributed by atoms with Gasteiger partial charge in [-0.2, -0.15) is 0 Å². The second-order valence-corrected chi connectivity index (χ2v) is 3.26. The van der Waals surface area contributed by atoms with Crippen LogP contribution in [-0.4, -0.2) is 35.7 Å². The molecule has 1 N–H and O–H groups in total. The van der Waals surface area contributed by atoms with Crippen molar-refractivity contribution in [2.45, 2.75) is 13.8 Å². The molecule has 0 spiro atoms. The van der Waals surface area contributed by atoms with Crippen molar-refractivity contribution in [2.75, 3.05) is 13.1 Å². The molecule has 3 amide bonds. The van der Waals surface area contributed by atoms with Crippen LogP contribution >= 0.6 is 0 Å². The van der Waals surface area contributed by atoms with Crippen LogP contribution in [0.15, 0.2) is 0 Å². The van der Waals surface area contributed by atoms with Crippen LogP contribution in [0, 0.1) is 5.92 Å². The summed E-state index contributed by atoms with van der Waals surface area (Å²) < 4.78 is 0. The van der Waals surface area contributed by atoms with E-state index in [1.165, 1.54) is 0 Å². The predicted molar refractivity (Wildman–Crippen MR) is 45.0 cm³/mol. The Balaban J connectivity index is 2.58. The number of carbonyl (C=O) groups excluding carboxylic acids is 3. The van der Waals surface area contributed by atoms with Crippen molar-refractivity contribution in [2.24, 2.45) is 5.92 Å². The average Bonchev–Trinajstić information content (AvgIpc) is 2.35. The number of hydrogen-bond acceptors (Lipinski definition) is 3. The summed E-state index contributed by atoms with van der Waals surface area (Å²) in [5, 5.41) is 2.35. The molecule has 0 bridgehead atoms. The van der Waals surface area contributed by atoms with Crippen molar-refractivity contribution in [3.63, 3.8) is 0 Å². The van der Waals surface area contributed by atoms with Gasteiger partial charge in [0.05, 0.1) is 13.1 Å². The van der Waals surface area contributed by atoms with Gasteiger partial charge in [-0.3, -0.25) is 14.5 Å². The Morgan fingerprint density at radius 1 is 1.54 bits per heavy atom. The summed E-state index contributed by atoms with van der Waals surface area (Å²) >= 11 is 0. The zero-order valence-corrected chi connectivity index (χ0v) is 7.66. The summed E-state index contributed by atoms with van der Waals surface area (Å²) in [4.78, 5) is 34.2. The fraction of sp³-hybridized carbons (Fsp3) is 0.625. The quantitative estimate of drug-likeness (QED) is 0.616. The lowest BCUT2D eigenvalue weighted by molar-refractivity contribution is -0.130. The number of urea groups is 1. The molecule has 0 aliphatic carbocycles. The van der Waals surface area contributed by atoms with Gasteiger partial charge in [0.1, 0.15) is 0 Å². The second kappa shape index (κ2) is 3.55. The zero-order chi connectivity index (χ0) is 10.0. The number of nitrogens with zero attached hydrogens (tertiary/aromatic N) is 1. The van der Waals surface area contributed by atoms with Crippen LogP contribution in [0.1, 0.15) is 13.8 Å². The van der Waals surface area contributed by atoms with Gasteiger partial charge in [0, 0.05) is 5.92 Å². The Hall–Kier alpha value is -1.39. The fourth-order valence-electron chi connectivity index (χ4n) is 0.954. The van der Waals surface area contributed by atoms with Gasteiger partial charge >= 0.3 is 6.03 Å². The summed E-state index contributed by atoms with van der Waals surface area (Å²) in [7, 11) is 0. The summed E-state index contributed by atoms with van der Waals surface area (Å²) in [6.45, 7) is 3.37. The molecule has 5 heteroatoms. The largest absolute Gasteiger partial charge is 0.329 e. The molecule has 1 aliphatic heterocycles. The third-order valence-electron chi connectivity index (χ3n) is 1.89. The number of carbonyl (C=O) groups is 3. The minimum absolute atomic E-state index is 0.00418. The highest BCUT2D eigenvalue weighted by atomic mass is 16.2. The number of amides is 3. The van der Waals surface area contributed by atoms with Crippen molar-refractivity contribution in [1.82, 2.24) is 10.2 Å². The third-order valence-corrected chi connectivity index (χ3v) is 1.89. The first-order valence-electron chi connectivity index (χ1n) is 4.13. The lowest BCUT2D eigenvalue weighted by Gasteiger charge is -2.12. The van der Waals surface area contributed by atoms with Gasteiger partial charge < -0.3 is 5.32 Å². The SMILES string of the molecule is CC(C)C(=O)CN1C(=O)CNC1=O. The highest BCUT2D eigenvalue weighted by Gasteiger charge is 2.30. The number of ketones is 1. The first-order valence-corrected chi connectivity index (χ1v) is 4.13. The molecule has 0 radical (unpaired) electrons. The molecule has 1 fully saturated rings. The minimum Gasteiger partial charge on any atom is -0.329 e. The molecule has 0 saturated carbocycles. The topological polar surface area (TPSA) is 66.5 Å². The highest BCUT2D eigenvalue weighted by molar-refractivity contribution is 6.04. The maximum atomic E-state index is 11.2. The summed E-state index contributed by atoms with van der Waals surface area (Å²) in [5.41, 5.74) is 0. The van der Waals surface area contributed by atoms with Crippen LogP contribution in [0.2, 0.25) is 0 Å². The molecule has 1 aliphatic rings. The van der Waals surface area contributed by atoms with Gasteiger partial charge in [-0.15, -0.1) is 0 Å². The smallest absolute Gasteiger partial charge is 0.324 e. The van der Waals surface area contributed by atoms with E-state index in [9.17, 15) is 14.4 Å². The number of imide groups is 1. The minimum atomic E-state index is -0.473. The predicted octanol–water partition coefficient (Wildman–Crippen LogP) is -0.237. The Labute approximate surface area is 76.1 Å². The summed E-state index contributed by atoms with van der Waals surface area (Å²) in [6.07, 6.45) is 0. The van der Waals surface area contributed by atoms with E-state index in [-0.39, 0.29) is 30.7 Å². The first kappa shape index (κ1) is 9.70. The van der Waals surface area contributed by atoms with Crippen molar-refractivity contribution < 1.29 is 14.4 Å². The van der Waals surface area contributed by atoms with E-state index in [0.717, 1.165) is 4.90 Å². The van der Waals surface area contributed by atoms with E-state index < -0.39 is 6.03 Å². The van der Waals surface area contributed by atoms with Crippen LogP contribution in [0.3, 0.4) is 0 Å². The molecule has 0 aromatic rings. The summed E-state index contributed by atoms with van der Waals surface area (Å²) in [5.74, 6) is -0.592. The van der Waals surface area contributed by atoms with Gasteiger partial charge in [0.15, 0.2) is 5.78 Å². The zero-order valence-electron chi connectivity index (χ0n) is 7.66. The molecule has 1 heterocycles. The maximum absolute atomic E-state index is 11.2. The van der Waals surface area contributed by atoms with Crippen LogP contribution in [0.4, 0.5) is 4.79 Å². The van der Waals surface area contributed by atoms with Gasteiger partial charge in [0.2, 0.25) is 5.91 Å². The lowest BCUT2D eigenvalue weighted by Crippen LogP contribution is -2.37. The molecule has 5 nitrogen and oxygen atoms in total. The average molecular weight is 184 g/mol. The van der Waals surface area contributed by atoms with Crippen LogP contribution in [0.5, 0.6) is 0 Å². The first-order chi connectivity index (χ1) is 6.02. The molecule has 1 saturated heterocycles. The van der Waals surface area contributed by atoms with Gasteiger partial charge in [-0.05, 0) is 0 Å². The molecular formula is C8H12N2O3. The number of rotatable bonds is 3. The summed E-state index contributed by atoms with van der Waals surface area (Å²) in [6, 6.07) is -0.473. The molecule has 0 atom stereocenters. The monoisotopic (exact) mass is 184 g/mol. The fourth-order valence-corrected chi connectivity index (χ4v) is 0.954. The molecule has 0 aromatic carbocycles. The van der Waals surface area contributed by atoms with Crippen molar-refractivity contribution >= 4 is 17.7 Å². The van der Waals surface area contributed by atoms with E-state index in [1.807, 2.05) is 0 Å². The van der Waals surface area contributed by atoms with Crippen molar-refractivity contribution in [3.05, 3.63) is 0 Å². The van der Waals surface area contributed by atoms with Gasteiger partial charge in [-0.25, -0.2) is 4.79 Å². The Morgan fingerprint density at radius 3 is 2.54 bits per heavy atom. The molecule has 13 heavy (non-hydrogen) atoms. The number of hydrogen-bond donors (Lipinski definition) is 1. The van der Waals surface area contributed by atoms with E-state index in [0.29, 0.717) is 0 Å². The normalized spacial score (nSPS) is 16.7. The molecular weight excluding hydrogens is 172 g/mol. The van der Waals surface area contributed by atoms with Gasteiger partial charge in [-0.1, -0.05) is 13.8 Å². The molecule has 0 aromatic heterocycles. The molecule has 0 unspecified atom stereocenters. The Bertz CT molecular complexity index is 244. The Kier molecular flexibility index (Phi) is 2.65. The molecule has 1 rings (SSSR count). The standard InChI is InChI=1S/C8H12N2O3/c1-5(2)6(11)4-10-7(12)3-9-8(10)13/h5H,3-4H2,1-2H3,(H,9,13). The van der Waals surface area contributed by atoms with E-state index >= 15 is 0 Å². The van der Waals surface area contributed by atoms with Crippen molar-refractivity contribution in [3.8, 4) is 0 Å². The Morgan fingerprint density at radius 2 is 2.15 bits per heavy atom. The van der Waals surface area contributed by atoms with Crippen LogP contribution in [0.25, 0.3) is 0 Å². The van der Waals surface area contributed by atoms with E-state index in [1.54, 1.807) is 13.8 Å². The molecule has 72 valence electrons. The van der Waals surface area contributed by atoms with E-state index in [4.69, 9.17) is 0 Å². The highest BCUT2D eigenvalue weighted by Crippen LogP contribution is 2.02.